The number of hydrogen-bond donors (Lipinski definition) is 2. The van der Waals surface area contributed by atoms with Gasteiger partial charge in [0.2, 0.25) is 0 Å². The smallest absolute Gasteiger partial charge is 0.313 e. The molecule has 0 aliphatic carbocycles. The summed E-state index contributed by atoms with van der Waals surface area (Å²) in [5.41, 5.74) is -0.0995. The van der Waals surface area contributed by atoms with E-state index in [-0.39, 0.29) is 48.5 Å². The van der Waals surface area contributed by atoms with Crippen LogP contribution in [0.25, 0.3) is 0 Å². The molecule has 0 bridgehead atoms. The maximum atomic E-state index is 12.3. The van der Waals surface area contributed by atoms with Crippen molar-refractivity contribution in [3.63, 3.8) is 0 Å². The molecule has 5 atom stereocenters. The van der Waals surface area contributed by atoms with Crippen LogP contribution in [0.3, 0.4) is 0 Å². The van der Waals surface area contributed by atoms with Gasteiger partial charge in [-0.05, 0) is 37.5 Å². The summed E-state index contributed by atoms with van der Waals surface area (Å²) in [6.07, 6.45) is -0.841. The minimum absolute atomic E-state index is 0.0700. The molecule has 0 aromatic carbocycles. The predicted molar refractivity (Wildman–Crippen MR) is 108 cm³/mol. The second-order valence-electron chi connectivity index (χ2n) is 9.92. The van der Waals surface area contributed by atoms with Crippen LogP contribution in [0.1, 0.15) is 80.1 Å². The molecule has 7 nitrogen and oxygen atoms in total. The molecule has 0 saturated carbocycles. The molecule has 1 aliphatic rings. The zero-order valence-corrected chi connectivity index (χ0v) is 18.6. The highest BCUT2D eigenvalue weighted by Gasteiger charge is 2.38. The molecular weight excluding hydrogens is 376 g/mol. The molecule has 29 heavy (non-hydrogen) atoms. The Bertz CT molecular complexity index is 564. The van der Waals surface area contributed by atoms with E-state index in [2.05, 4.69) is 0 Å². The first-order chi connectivity index (χ1) is 13.3. The Labute approximate surface area is 174 Å². The number of esters is 2. The minimum atomic E-state index is -0.693. The first-order valence-electron chi connectivity index (χ1n) is 10.5. The molecule has 1 rings (SSSR count). The third-order valence-electron chi connectivity index (χ3n) is 5.06. The molecule has 1 saturated heterocycles. The zero-order valence-electron chi connectivity index (χ0n) is 18.6. The van der Waals surface area contributed by atoms with Crippen LogP contribution >= 0.6 is 0 Å². The van der Waals surface area contributed by atoms with E-state index in [1.807, 2.05) is 34.6 Å². The van der Waals surface area contributed by atoms with E-state index in [1.54, 1.807) is 0 Å². The SMILES string of the molecule is CC(=O)CC(=O)OC(CC(O)CC(C)(C)C)CC1CC(CC(O)C(C)C)OC1=O. The number of cyclic esters (lactones) is 1. The minimum Gasteiger partial charge on any atom is -0.462 e. The van der Waals surface area contributed by atoms with E-state index in [0.29, 0.717) is 19.3 Å². The van der Waals surface area contributed by atoms with E-state index in [9.17, 15) is 24.6 Å². The molecule has 1 fully saturated rings. The van der Waals surface area contributed by atoms with Gasteiger partial charge in [-0.15, -0.1) is 0 Å². The van der Waals surface area contributed by atoms with E-state index >= 15 is 0 Å². The molecule has 1 aliphatic heterocycles. The normalized spacial score (nSPS) is 22.9. The molecule has 0 aromatic heterocycles. The molecular formula is C22H38O7. The number of hydrogen-bond acceptors (Lipinski definition) is 7. The summed E-state index contributed by atoms with van der Waals surface area (Å²) in [6.45, 7) is 11.1. The summed E-state index contributed by atoms with van der Waals surface area (Å²) in [5, 5.41) is 20.5. The predicted octanol–water partition coefficient (Wildman–Crippen LogP) is 2.79. The van der Waals surface area contributed by atoms with Crippen molar-refractivity contribution in [2.45, 2.75) is 104 Å². The van der Waals surface area contributed by atoms with E-state index in [1.165, 1.54) is 6.92 Å². The Morgan fingerprint density at radius 1 is 1.21 bits per heavy atom. The number of aliphatic hydroxyl groups is 2. The number of rotatable bonds is 11. The topological polar surface area (TPSA) is 110 Å². The van der Waals surface area contributed by atoms with Crippen molar-refractivity contribution in [3.05, 3.63) is 0 Å². The van der Waals surface area contributed by atoms with E-state index < -0.39 is 30.2 Å². The van der Waals surface area contributed by atoms with Gasteiger partial charge in [-0.2, -0.15) is 0 Å². The summed E-state index contributed by atoms with van der Waals surface area (Å²) in [7, 11) is 0. The van der Waals surface area contributed by atoms with Crippen LogP contribution in [0.4, 0.5) is 0 Å². The van der Waals surface area contributed by atoms with Gasteiger partial charge in [0.1, 0.15) is 24.4 Å². The van der Waals surface area contributed by atoms with Gasteiger partial charge in [0.25, 0.3) is 0 Å². The Kier molecular flexibility index (Phi) is 9.76. The van der Waals surface area contributed by atoms with Crippen molar-refractivity contribution in [1.82, 2.24) is 0 Å². The largest absolute Gasteiger partial charge is 0.462 e. The van der Waals surface area contributed by atoms with Crippen molar-refractivity contribution >= 4 is 17.7 Å². The van der Waals surface area contributed by atoms with Crippen molar-refractivity contribution in [2.24, 2.45) is 17.3 Å². The van der Waals surface area contributed by atoms with Crippen LogP contribution in [0.15, 0.2) is 0 Å². The second kappa shape index (κ2) is 11.1. The lowest BCUT2D eigenvalue weighted by atomic mass is 9.86. The van der Waals surface area contributed by atoms with Crippen LogP contribution in [-0.2, 0) is 23.9 Å². The number of carbonyl (C=O) groups excluding carboxylic acids is 3. The summed E-state index contributed by atoms with van der Waals surface area (Å²) >= 11 is 0. The van der Waals surface area contributed by atoms with Gasteiger partial charge in [-0.1, -0.05) is 34.6 Å². The fourth-order valence-corrected chi connectivity index (χ4v) is 3.63. The van der Waals surface area contributed by atoms with Crippen LogP contribution < -0.4 is 0 Å². The molecule has 5 unspecified atom stereocenters. The number of carbonyl (C=O) groups is 3. The third kappa shape index (κ3) is 10.2. The molecule has 1 heterocycles. The van der Waals surface area contributed by atoms with Crippen molar-refractivity contribution < 1.29 is 34.1 Å². The third-order valence-corrected chi connectivity index (χ3v) is 5.06. The molecule has 7 heteroatoms. The summed E-state index contributed by atoms with van der Waals surface area (Å²) in [6, 6.07) is 0. The van der Waals surface area contributed by atoms with E-state index in [0.717, 1.165) is 0 Å². The van der Waals surface area contributed by atoms with Crippen LogP contribution in [0.2, 0.25) is 0 Å². The molecule has 0 aromatic rings. The Balaban J connectivity index is 2.75. The van der Waals surface area contributed by atoms with Gasteiger partial charge in [0.15, 0.2) is 0 Å². The number of ketones is 1. The van der Waals surface area contributed by atoms with Gasteiger partial charge in [-0.3, -0.25) is 14.4 Å². The molecule has 0 amide bonds. The van der Waals surface area contributed by atoms with Crippen molar-refractivity contribution in [2.75, 3.05) is 0 Å². The van der Waals surface area contributed by atoms with Crippen molar-refractivity contribution in [3.8, 4) is 0 Å². The zero-order chi connectivity index (χ0) is 22.4. The quantitative estimate of drug-likeness (QED) is 0.395. The maximum absolute atomic E-state index is 12.3. The molecule has 0 radical (unpaired) electrons. The van der Waals surface area contributed by atoms with Gasteiger partial charge < -0.3 is 19.7 Å². The van der Waals surface area contributed by atoms with Crippen molar-refractivity contribution in [1.29, 1.82) is 0 Å². The first kappa shape index (κ1) is 25.6. The van der Waals surface area contributed by atoms with Gasteiger partial charge >= 0.3 is 11.9 Å². The second-order valence-corrected chi connectivity index (χ2v) is 9.92. The molecule has 2 N–H and O–H groups in total. The van der Waals surface area contributed by atoms with Gasteiger partial charge in [0.05, 0.1) is 18.1 Å². The highest BCUT2D eigenvalue weighted by Crippen LogP contribution is 2.32. The Morgan fingerprint density at radius 2 is 1.83 bits per heavy atom. The summed E-state index contributed by atoms with van der Waals surface area (Å²) in [4.78, 5) is 35.5. The lowest BCUT2D eigenvalue weighted by Gasteiger charge is -2.26. The van der Waals surface area contributed by atoms with Crippen LogP contribution in [-0.4, -0.2) is 52.4 Å². The van der Waals surface area contributed by atoms with Crippen LogP contribution in [0.5, 0.6) is 0 Å². The monoisotopic (exact) mass is 414 g/mol. The number of Topliss-reactive ketones (excluding diaryl/α,β-unsaturated/α-hetero) is 1. The lowest BCUT2D eigenvalue weighted by molar-refractivity contribution is -0.155. The number of aliphatic hydroxyl groups excluding tert-OH is 2. The average molecular weight is 415 g/mol. The fraction of sp³-hybridized carbons (Fsp3) is 0.864. The Hall–Kier alpha value is -1.47. The highest BCUT2D eigenvalue weighted by molar-refractivity contribution is 5.94. The standard InChI is InChI=1S/C22H38O7/c1-13(2)19(25)11-18-9-15(21(27)29-18)8-17(28-20(26)7-14(3)23)10-16(24)12-22(4,5)6/h13,15-19,24-25H,7-12H2,1-6H3. The highest BCUT2D eigenvalue weighted by atomic mass is 16.6. The first-order valence-corrected chi connectivity index (χ1v) is 10.5. The maximum Gasteiger partial charge on any atom is 0.313 e. The van der Waals surface area contributed by atoms with Gasteiger partial charge in [-0.25, -0.2) is 0 Å². The Morgan fingerprint density at radius 3 is 2.34 bits per heavy atom. The summed E-state index contributed by atoms with van der Waals surface area (Å²) < 4.78 is 10.8. The van der Waals surface area contributed by atoms with Crippen LogP contribution in [0, 0.1) is 17.3 Å². The van der Waals surface area contributed by atoms with E-state index in [4.69, 9.17) is 9.47 Å². The van der Waals surface area contributed by atoms with Gasteiger partial charge in [0, 0.05) is 12.8 Å². The fourth-order valence-electron chi connectivity index (χ4n) is 3.63. The average Bonchev–Trinajstić information content (AvgIpc) is 2.83. The lowest BCUT2D eigenvalue weighted by Crippen LogP contribution is -2.30. The number of ether oxygens (including phenoxy) is 2. The molecule has 0 spiro atoms. The summed E-state index contributed by atoms with van der Waals surface area (Å²) in [5.74, 6) is -1.71. The molecule has 168 valence electrons.